The number of aromatic nitrogens is 2. The molecule has 0 unspecified atom stereocenters. The van der Waals surface area contributed by atoms with Gasteiger partial charge in [-0.2, -0.15) is 0 Å². The van der Waals surface area contributed by atoms with E-state index in [9.17, 15) is 0 Å². The Morgan fingerprint density at radius 2 is 2.25 bits per heavy atom. The second kappa shape index (κ2) is 5.39. The topological polar surface area (TPSA) is 37.8 Å². The Kier molecular flexibility index (Phi) is 3.88. The van der Waals surface area contributed by atoms with E-state index in [0.29, 0.717) is 0 Å². The molecule has 0 aliphatic carbocycles. The summed E-state index contributed by atoms with van der Waals surface area (Å²) in [4.78, 5) is 0. The molecule has 3 nitrogen and oxygen atoms in total. The highest BCUT2D eigenvalue weighted by molar-refractivity contribution is 7.14. The lowest BCUT2D eigenvalue weighted by Crippen LogP contribution is -2.09. The smallest absolute Gasteiger partial charge is 0.147 e. The van der Waals surface area contributed by atoms with Crippen molar-refractivity contribution in [1.82, 2.24) is 15.5 Å². The molecular formula is C11H12ClN3S. The molecule has 0 saturated heterocycles. The van der Waals surface area contributed by atoms with Crippen molar-refractivity contribution in [3.05, 3.63) is 34.3 Å². The molecule has 0 aliphatic heterocycles. The van der Waals surface area contributed by atoms with Gasteiger partial charge in [0.15, 0.2) is 0 Å². The number of rotatable bonds is 4. The van der Waals surface area contributed by atoms with E-state index in [1.807, 2.05) is 31.3 Å². The molecule has 2 aromatic rings. The van der Waals surface area contributed by atoms with Crippen LogP contribution in [0.5, 0.6) is 0 Å². The fraction of sp³-hybridized carbons (Fsp3) is 0.273. The van der Waals surface area contributed by atoms with Crippen LogP contribution in [-0.4, -0.2) is 23.8 Å². The van der Waals surface area contributed by atoms with E-state index >= 15 is 0 Å². The fourth-order valence-electron chi connectivity index (χ4n) is 1.32. The molecule has 1 heterocycles. The monoisotopic (exact) mass is 253 g/mol. The lowest BCUT2D eigenvalue weighted by atomic mass is 10.2. The van der Waals surface area contributed by atoms with E-state index in [1.54, 1.807) is 11.3 Å². The molecule has 0 atom stereocenters. The fourth-order valence-corrected chi connectivity index (χ4v) is 2.35. The van der Waals surface area contributed by atoms with Gasteiger partial charge in [0.2, 0.25) is 0 Å². The minimum absolute atomic E-state index is 0.726. The summed E-state index contributed by atoms with van der Waals surface area (Å²) in [5.41, 5.74) is 1.03. The standard InChI is InChI=1S/C11H12ClN3S/c1-13-6-5-10-14-15-11(16-10)8-3-2-4-9(12)7-8/h2-4,7,13H,5-6H2,1H3. The van der Waals surface area contributed by atoms with Crippen molar-refractivity contribution in [3.63, 3.8) is 0 Å². The number of hydrogen-bond donors (Lipinski definition) is 1. The molecule has 0 radical (unpaired) electrons. The first kappa shape index (κ1) is 11.5. The van der Waals surface area contributed by atoms with Gasteiger partial charge in [-0.15, -0.1) is 10.2 Å². The summed E-state index contributed by atoms with van der Waals surface area (Å²) in [6, 6.07) is 7.68. The Morgan fingerprint density at radius 3 is 3.00 bits per heavy atom. The summed E-state index contributed by atoms with van der Waals surface area (Å²) in [5.74, 6) is 0. The van der Waals surface area contributed by atoms with Gasteiger partial charge in [0.05, 0.1) is 0 Å². The van der Waals surface area contributed by atoms with E-state index in [2.05, 4.69) is 15.5 Å². The summed E-state index contributed by atoms with van der Waals surface area (Å²) < 4.78 is 0. The van der Waals surface area contributed by atoms with E-state index in [0.717, 1.165) is 33.6 Å². The number of likely N-dealkylation sites (N-methyl/N-ethyl adjacent to an activating group) is 1. The summed E-state index contributed by atoms with van der Waals surface area (Å²) >= 11 is 7.55. The molecular weight excluding hydrogens is 242 g/mol. The number of nitrogens with one attached hydrogen (secondary N) is 1. The van der Waals surface area contributed by atoms with Crippen molar-refractivity contribution in [3.8, 4) is 10.6 Å². The molecule has 0 fully saturated rings. The quantitative estimate of drug-likeness (QED) is 0.910. The highest BCUT2D eigenvalue weighted by Gasteiger charge is 2.06. The Bertz CT molecular complexity index is 470. The summed E-state index contributed by atoms with van der Waals surface area (Å²) in [6.07, 6.45) is 0.911. The minimum Gasteiger partial charge on any atom is -0.319 e. The van der Waals surface area contributed by atoms with Crippen molar-refractivity contribution in [2.24, 2.45) is 0 Å². The van der Waals surface area contributed by atoms with Crippen molar-refractivity contribution >= 4 is 22.9 Å². The largest absolute Gasteiger partial charge is 0.319 e. The third-order valence-electron chi connectivity index (χ3n) is 2.13. The molecule has 16 heavy (non-hydrogen) atoms. The molecule has 1 aromatic carbocycles. The molecule has 2 rings (SSSR count). The number of hydrogen-bond acceptors (Lipinski definition) is 4. The first-order valence-corrected chi connectivity index (χ1v) is 6.22. The van der Waals surface area contributed by atoms with Crippen LogP contribution in [0.2, 0.25) is 5.02 Å². The molecule has 5 heteroatoms. The molecule has 1 aromatic heterocycles. The third-order valence-corrected chi connectivity index (χ3v) is 3.39. The lowest BCUT2D eigenvalue weighted by molar-refractivity contribution is 0.779. The van der Waals surface area contributed by atoms with Gasteiger partial charge in [0.25, 0.3) is 0 Å². The highest BCUT2D eigenvalue weighted by atomic mass is 35.5. The second-order valence-electron chi connectivity index (χ2n) is 3.36. The van der Waals surface area contributed by atoms with E-state index in [1.165, 1.54) is 0 Å². The first-order valence-electron chi connectivity index (χ1n) is 5.02. The Morgan fingerprint density at radius 1 is 1.38 bits per heavy atom. The summed E-state index contributed by atoms with van der Waals surface area (Å²) in [6.45, 7) is 0.921. The van der Waals surface area contributed by atoms with Crippen LogP contribution < -0.4 is 5.32 Å². The van der Waals surface area contributed by atoms with Crippen LogP contribution in [-0.2, 0) is 6.42 Å². The molecule has 0 spiro atoms. The number of nitrogens with zero attached hydrogens (tertiary/aromatic N) is 2. The van der Waals surface area contributed by atoms with Gasteiger partial charge in [0, 0.05) is 23.6 Å². The zero-order valence-corrected chi connectivity index (χ0v) is 10.5. The van der Waals surface area contributed by atoms with Gasteiger partial charge in [-0.1, -0.05) is 35.1 Å². The maximum absolute atomic E-state index is 5.93. The van der Waals surface area contributed by atoms with Crippen molar-refractivity contribution in [2.75, 3.05) is 13.6 Å². The third kappa shape index (κ3) is 2.78. The van der Waals surface area contributed by atoms with Gasteiger partial charge in [0.1, 0.15) is 10.0 Å². The maximum Gasteiger partial charge on any atom is 0.147 e. The number of halogens is 1. The van der Waals surface area contributed by atoms with Crippen molar-refractivity contribution in [2.45, 2.75) is 6.42 Å². The van der Waals surface area contributed by atoms with Gasteiger partial charge in [-0.3, -0.25) is 0 Å². The van der Waals surface area contributed by atoms with Gasteiger partial charge in [-0.25, -0.2) is 0 Å². The van der Waals surface area contributed by atoms with Crippen molar-refractivity contribution in [1.29, 1.82) is 0 Å². The van der Waals surface area contributed by atoms with Crippen LogP contribution in [0, 0.1) is 0 Å². The Balaban J connectivity index is 2.18. The van der Waals surface area contributed by atoms with E-state index in [4.69, 9.17) is 11.6 Å². The zero-order chi connectivity index (χ0) is 11.4. The number of benzene rings is 1. The SMILES string of the molecule is CNCCc1nnc(-c2cccc(Cl)c2)s1. The molecule has 1 N–H and O–H groups in total. The maximum atomic E-state index is 5.93. The van der Waals surface area contributed by atoms with Gasteiger partial charge >= 0.3 is 0 Å². The molecule has 0 aliphatic rings. The predicted octanol–water partition coefficient (Wildman–Crippen LogP) is 2.62. The molecule has 0 bridgehead atoms. The van der Waals surface area contributed by atoms with E-state index < -0.39 is 0 Å². The summed E-state index contributed by atoms with van der Waals surface area (Å²) in [5, 5.41) is 14.1. The van der Waals surface area contributed by atoms with Crippen molar-refractivity contribution < 1.29 is 0 Å². The van der Waals surface area contributed by atoms with Crippen LogP contribution in [0.15, 0.2) is 24.3 Å². The zero-order valence-electron chi connectivity index (χ0n) is 8.90. The molecule has 84 valence electrons. The average Bonchev–Trinajstić information content (AvgIpc) is 2.75. The molecule has 0 amide bonds. The first-order chi connectivity index (χ1) is 7.79. The Labute approximate surface area is 103 Å². The van der Waals surface area contributed by atoms with E-state index in [-0.39, 0.29) is 0 Å². The van der Waals surface area contributed by atoms with Gasteiger partial charge in [-0.05, 0) is 19.2 Å². The van der Waals surface area contributed by atoms with Crippen LogP contribution >= 0.6 is 22.9 Å². The normalized spacial score (nSPS) is 10.6. The van der Waals surface area contributed by atoms with Crippen LogP contribution in [0.1, 0.15) is 5.01 Å². The second-order valence-corrected chi connectivity index (χ2v) is 4.86. The van der Waals surface area contributed by atoms with Crippen LogP contribution in [0.3, 0.4) is 0 Å². The van der Waals surface area contributed by atoms with Gasteiger partial charge < -0.3 is 5.32 Å². The Hall–Kier alpha value is -0.970. The average molecular weight is 254 g/mol. The highest BCUT2D eigenvalue weighted by Crippen LogP contribution is 2.25. The van der Waals surface area contributed by atoms with Crippen LogP contribution in [0.25, 0.3) is 10.6 Å². The minimum atomic E-state index is 0.726. The lowest BCUT2D eigenvalue weighted by Gasteiger charge is -1.95. The predicted molar refractivity (Wildman–Crippen MR) is 68.0 cm³/mol. The molecule has 0 saturated carbocycles. The van der Waals surface area contributed by atoms with Crippen LogP contribution in [0.4, 0.5) is 0 Å². The summed E-state index contributed by atoms with van der Waals surface area (Å²) in [7, 11) is 1.93.